The third-order valence-electron chi connectivity index (χ3n) is 3.98. The quantitative estimate of drug-likeness (QED) is 0.852. The zero-order valence-corrected chi connectivity index (χ0v) is 11.5. The van der Waals surface area contributed by atoms with Crippen LogP contribution in [-0.2, 0) is 9.59 Å². The molecule has 1 atom stereocenters. The average molecular weight is 271 g/mol. The van der Waals surface area contributed by atoms with Crippen molar-refractivity contribution in [2.75, 3.05) is 11.6 Å². The molecule has 1 saturated heterocycles. The van der Waals surface area contributed by atoms with Crippen LogP contribution >= 0.6 is 11.8 Å². The molecule has 0 bridgehead atoms. The minimum absolute atomic E-state index is 0.0259. The lowest BCUT2D eigenvalue weighted by Gasteiger charge is -2.24. The van der Waals surface area contributed by atoms with Crippen molar-refractivity contribution >= 4 is 23.6 Å². The van der Waals surface area contributed by atoms with Gasteiger partial charge in [-0.05, 0) is 12.3 Å². The number of carboxylic acids is 1. The number of aliphatic carboxylic acids is 1. The molecule has 1 aliphatic carbocycles. The lowest BCUT2D eigenvalue weighted by molar-refractivity contribution is -0.147. The molecule has 2 aliphatic rings. The van der Waals surface area contributed by atoms with E-state index in [1.165, 1.54) is 48.8 Å². The van der Waals surface area contributed by atoms with Crippen LogP contribution in [0.25, 0.3) is 0 Å². The van der Waals surface area contributed by atoms with Crippen molar-refractivity contribution in [3.63, 3.8) is 0 Å². The second kappa shape index (κ2) is 6.45. The summed E-state index contributed by atoms with van der Waals surface area (Å²) in [6, 6.07) is -0.603. The first kappa shape index (κ1) is 13.7. The highest BCUT2D eigenvalue weighted by Gasteiger charge is 2.34. The third-order valence-corrected chi connectivity index (χ3v) is 4.99. The van der Waals surface area contributed by atoms with Crippen LogP contribution in [0.4, 0.5) is 0 Å². The van der Waals surface area contributed by atoms with E-state index in [-0.39, 0.29) is 5.91 Å². The highest BCUT2D eigenvalue weighted by Crippen LogP contribution is 2.28. The molecule has 4 nitrogen and oxygen atoms in total. The zero-order chi connectivity index (χ0) is 13.0. The van der Waals surface area contributed by atoms with E-state index in [2.05, 4.69) is 0 Å². The van der Waals surface area contributed by atoms with Crippen molar-refractivity contribution in [1.82, 2.24) is 4.90 Å². The van der Waals surface area contributed by atoms with E-state index < -0.39 is 12.0 Å². The molecular formula is C13H21NO3S. The largest absolute Gasteiger partial charge is 0.480 e. The van der Waals surface area contributed by atoms with Gasteiger partial charge in [0.15, 0.2) is 0 Å². The van der Waals surface area contributed by atoms with Crippen molar-refractivity contribution in [3.05, 3.63) is 0 Å². The second-order valence-electron chi connectivity index (χ2n) is 5.26. The van der Waals surface area contributed by atoms with Crippen LogP contribution in [0.15, 0.2) is 0 Å². The molecule has 0 radical (unpaired) electrons. The fraction of sp³-hybridized carbons (Fsp3) is 0.846. The summed E-state index contributed by atoms with van der Waals surface area (Å²) in [5.74, 6) is 0.913. The Balaban J connectivity index is 1.78. The number of hydrogen-bond donors (Lipinski definition) is 1. The van der Waals surface area contributed by atoms with Gasteiger partial charge in [0.1, 0.15) is 6.04 Å². The Morgan fingerprint density at radius 1 is 1.22 bits per heavy atom. The number of rotatable bonds is 4. The molecule has 18 heavy (non-hydrogen) atoms. The lowest BCUT2D eigenvalue weighted by atomic mass is 9.86. The van der Waals surface area contributed by atoms with Gasteiger partial charge in [-0.25, -0.2) is 4.79 Å². The molecule has 2 fully saturated rings. The topological polar surface area (TPSA) is 57.6 Å². The standard InChI is InChI=1S/C13H21NO3S/c15-12(7-6-10-4-2-1-3-5-10)14-9-18-8-11(14)13(16)17/h10-11H,1-9H2,(H,16,17)/t11-/m0/s1. The van der Waals surface area contributed by atoms with Crippen molar-refractivity contribution in [2.24, 2.45) is 5.92 Å². The Kier molecular flexibility index (Phi) is 4.92. The van der Waals surface area contributed by atoms with E-state index in [1.807, 2.05) is 0 Å². The van der Waals surface area contributed by atoms with Crippen LogP contribution in [0, 0.1) is 5.92 Å². The molecule has 0 aromatic heterocycles. The molecule has 2 rings (SSSR count). The number of nitrogens with zero attached hydrogens (tertiary/aromatic N) is 1. The summed E-state index contributed by atoms with van der Waals surface area (Å²) in [6.07, 6.45) is 7.84. The number of carbonyl (C=O) groups excluding carboxylic acids is 1. The molecule has 1 amide bonds. The van der Waals surface area contributed by atoms with E-state index in [1.54, 1.807) is 0 Å². The van der Waals surface area contributed by atoms with Gasteiger partial charge in [0, 0.05) is 12.2 Å². The van der Waals surface area contributed by atoms with Crippen LogP contribution in [0.2, 0.25) is 0 Å². The Labute approximate surface area is 112 Å². The predicted octanol–water partition coefficient (Wildman–Crippen LogP) is 2.33. The van der Waals surface area contributed by atoms with E-state index >= 15 is 0 Å². The fourth-order valence-electron chi connectivity index (χ4n) is 2.84. The molecule has 1 saturated carbocycles. The summed E-state index contributed by atoms with van der Waals surface area (Å²) in [4.78, 5) is 24.6. The number of carboxylic acid groups (broad SMARTS) is 1. The molecule has 0 aromatic rings. The number of carbonyl (C=O) groups is 2. The van der Waals surface area contributed by atoms with Gasteiger partial charge in [0.25, 0.3) is 0 Å². The number of amides is 1. The van der Waals surface area contributed by atoms with Crippen LogP contribution in [0.1, 0.15) is 44.9 Å². The molecule has 102 valence electrons. The highest BCUT2D eigenvalue weighted by molar-refractivity contribution is 7.99. The summed E-state index contributed by atoms with van der Waals surface area (Å²) >= 11 is 1.53. The van der Waals surface area contributed by atoms with Crippen LogP contribution in [-0.4, -0.2) is 39.6 Å². The zero-order valence-electron chi connectivity index (χ0n) is 10.6. The van der Waals surface area contributed by atoms with Crippen molar-refractivity contribution in [2.45, 2.75) is 51.0 Å². The molecule has 1 N–H and O–H groups in total. The van der Waals surface area contributed by atoms with Crippen molar-refractivity contribution in [1.29, 1.82) is 0 Å². The van der Waals surface area contributed by atoms with E-state index in [4.69, 9.17) is 5.11 Å². The molecule has 1 aliphatic heterocycles. The SMILES string of the molecule is O=C(O)[C@@H]1CSCN1C(=O)CCC1CCCCC1. The maximum atomic E-state index is 12.1. The van der Waals surface area contributed by atoms with Gasteiger partial charge in [-0.1, -0.05) is 32.1 Å². The Morgan fingerprint density at radius 3 is 2.61 bits per heavy atom. The van der Waals surface area contributed by atoms with Gasteiger partial charge in [0.05, 0.1) is 5.88 Å². The number of thioether (sulfide) groups is 1. The predicted molar refractivity (Wildman–Crippen MR) is 71.4 cm³/mol. The van der Waals surface area contributed by atoms with Crippen molar-refractivity contribution < 1.29 is 14.7 Å². The summed E-state index contributed by atoms with van der Waals surface area (Å²) in [5, 5.41) is 9.04. The Bertz CT molecular complexity index is 315. The van der Waals surface area contributed by atoms with Crippen molar-refractivity contribution in [3.8, 4) is 0 Å². The maximum absolute atomic E-state index is 12.1. The first-order chi connectivity index (χ1) is 8.68. The third kappa shape index (κ3) is 3.40. The highest BCUT2D eigenvalue weighted by atomic mass is 32.2. The van der Waals surface area contributed by atoms with E-state index in [0.29, 0.717) is 24.0 Å². The fourth-order valence-corrected chi connectivity index (χ4v) is 4.01. The van der Waals surface area contributed by atoms with E-state index in [9.17, 15) is 9.59 Å². The molecule has 0 aromatic carbocycles. The van der Waals surface area contributed by atoms with Gasteiger partial charge >= 0.3 is 5.97 Å². The average Bonchev–Trinajstić information content (AvgIpc) is 2.86. The summed E-state index contributed by atoms with van der Waals surface area (Å²) in [5.41, 5.74) is 0. The molecule has 0 unspecified atom stereocenters. The van der Waals surface area contributed by atoms with E-state index in [0.717, 1.165) is 6.42 Å². The smallest absolute Gasteiger partial charge is 0.327 e. The second-order valence-corrected chi connectivity index (χ2v) is 6.26. The lowest BCUT2D eigenvalue weighted by Crippen LogP contribution is -2.41. The number of hydrogen-bond acceptors (Lipinski definition) is 3. The molecule has 1 heterocycles. The molecular weight excluding hydrogens is 250 g/mol. The van der Waals surface area contributed by atoms with Crippen LogP contribution < -0.4 is 0 Å². The summed E-state index contributed by atoms with van der Waals surface area (Å²) in [6.45, 7) is 0. The normalized spacial score (nSPS) is 25.3. The van der Waals surface area contributed by atoms with Crippen LogP contribution in [0.3, 0.4) is 0 Å². The summed E-state index contributed by atoms with van der Waals surface area (Å²) < 4.78 is 0. The Hall–Kier alpha value is -0.710. The van der Waals surface area contributed by atoms with Gasteiger partial charge < -0.3 is 10.0 Å². The maximum Gasteiger partial charge on any atom is 0.327 e. The summed E-state index contributed by atoms with van der Waals surface area (Å²) in [7, 11) is 0. The van der Waals surface area contributed by atoms with Gasteiger partial charge in [0.2, 0.25) is 5.91 Å². The minimum Gasteiger partial charge on any atom is -0.480 e. The first-order valence-electron chi connectivity index (χ1n) is 6.78. The van der Waals surface area contributed by atoms with Gasteiger partial charge in [-0.3, -0.25) is 4.79 Å². The van der Waals surface area contributed by atoms with Crippen LogP contribution in [0.5, 0.6) is 0 Å². The Morgan fingerprint density at radius 2 is 1.94 bits per heavy atom. The molecule has 5 heteroatoms. The molecule has 0 spiro atoms. The van der Waals surface area contributed by atoms with Gasteiger partial charge in [-0.2, -0.15) is 0 Å². The van der Waals surface area contributed by atoms with Gasteiger partial charge in [-0.15, -0.1) is 11.8 Å². The monoisotopic (exact) mass is 271 g/mol. The minimum atomic E-state index is -0.869. The first-order valence-corrected chi connectivity index (χ1v) is 7.94.